The van der Waals surface area contributed by atoms with Gasteiger partial charge >= 0.3 is 6.09 Å². The zero-order chi connectivity index (χ0) is 34.5. The van der Waals surface area contributed by atoms with Crippen LogP contribution in [0.15, 0.2) is 60.9 Å². The van der Waals surface area contributed by atoms with Crippen LogP contribution in [0.2, 0.25) is 0 Å². The lowest BCUT2D eigenvalue weighted by Gasteiger charge is -2.30. The summed E-state index contributed by atoms with van der Waals surface area (Å²) in [6.45, 7) is 7.80. The maximum atomic E-state index is 13.5. The minimum absolute atomic E-state index is 0.0291. The van der Waals surface area contributed by atoms with Gasteiger partial charge in [0.15, 0.2) is 5.79 Å². The highest BCUT2D eigenvalue weighted by Crippen LogP contribution is 2.35. The summed E-state index contributed by atoms with van der Waals surface area (Å²) in [6, 6.07) is 16.0. The van der Waals surface area contributed by atoms with E-state index >= 15 is 0 Å². The molecule has 12 heteroatoms. The topological polar surface area (TPSA) is 146 Å². The Balaban J connectivity index is 1.10. The van der Waals surface area contributed by atoms with Crippen LogP contribution in [0.3, 0.4) is 0 Å². The Morgan fingerprint density at radius 3 is 2.10 bits per heavy atom. The lowest BCUT2D eigenvalue weighted by Crippen LogP contribution is -2.51. The molecule has 0 saturated carbocycles. The van der Waals surface area contributed by atoms with E-state index in [-0.39, 0.29) is 23.9 Å². The molecule has 2 aromatic heterocycles. The van der Waals surface area contributed by atoms with Crippen LogP contribution in [0.1, 0.15) is 70.2 Å². The number of methoxy groups -OCH3 is 2. The van der Waals surface area contributed by atoms with Crippen molar-refractivity contribution in [1.82, 2.24) is 35.5 Å². The number of hydrogen-bond acceptors (Lipinski definition) is 8. The van der Waals surface area contributed by atoms with E-state index in [9.17, 15) is 9.59 Å². The molecule has 2 aliphatic heterocycles. The van der Waals surface area contributed by atoms with Crippen LogP contribution in [0.25, 0.3) is 33.6 Å². The number of H-pyrrole nitrogens is 2. The fraction of sp³-hybridized carbons (Fsp3) is 0.459. The molecule has 49 heavy (non-hydrogen) atoms. The molecule has 6 rings (SSSR count). The third kappa shape index (κ3) is 7.41. The first-order valence-electron chi connectivity index (χ1n) is 17.1. The summed E-state index contributed by atoms with van der Waals surface area (Å²) in [6.07, 6.45) is 6.39. The first kappa shape index (κ1) is 34.3. The van der Waals surface area contributed by atoms with Crippen molar-refractivity contribution in [3.63, 3.8) is 0 Å². The Morgan fingerprint density at radius 2 is 1.53 bits per heavy atom. The molecule has 4 aromatic rings. The number of nitrogens with zero attached hydrogens (tertiary/aromatic N) is 3. The van der Waals surface area contributed by atoms with Crippen molar-refractivity contribution in [2.24, 2.45) is 5.92 Å². The van der Waals surface area contributed by atoms with Gasteiger partial charge in [-0.05, 0) is 47.4 Å². The number of likely N-dealkylation sites (tertiary alicyclic amines) is 1. The molecule has 0 radical (unpaired) electrons. The Morgan fingerprint density at radius 1 is 0.939 bits per heavy atom. The molecule has 2 fully saturated rings. The van der Waals surface area contributed by atoms with Crippen molar-refractivity contribution < 1.29 is 23.8 Å². The standard InChI is InChI=1S/C37H47N7O5/c1-6-18-49-37(48-5)19-28(40-22-37)33-38-20-29(41-33)26-13-9-24(10-14-26)25-11-15-27(16-12-25)30-21-39-34(42-30)31-8-7-17-44(31)35(45)32(23(2)3)43-36(46)47-4/h9-16,20-21,23,28,31-32,40H,6-8,17-19,22H2,1-5H3,(H,38,41)(H,39,42)(H,43,46)/t28-,31?,32-,37?/m0/s1. The second-order valence-corrected chi connectivity index (χ2v) is 13.2. The lowest BCUT2D eigenvalue weighted by molar-refractivity contribution is -0.209. The fourth-order valence-corrected chi connectivity index (χ4v) is 6.73. The van der Waals surface area contributed by atoms with Gasteiger partial charge in [-0.25, -0.2) is 14.8 Å². The number of hydrogen-bond donors (Lipinski definition) is 4. The van der Waals surface area contributed by atoms with Crippen molar-refractivity contribution in [2.75, 3.05) is 33.9 Å². The quantitative estimate of drug-likeness (QED) is 0.135. The van der Waals surface area contributed by atoms with Crippen molar-refractivity contribution in [1.29, 1.82) is 0 Å². The highest BCUT2D eigenvalue weighted by atomic mass is 16.7. The summed E-state index contributed by atoms with van der Waals surface area (Å²) in [7, 11) is 3.00. The lowest BCUT2D eigenvalue weighted by atomic mass is 10.0. The molecule has 260 valence electrons. The molecule has 4 atom stereocenters. The molecular formula is C37H47N7O5. The summed E-state index contributed by atoms with van der Waals surface area (Å²) >= 11 is 0. The summed E-state index contributed by atoms with van der Waals surface area (Å²) in [5, 5.41) is 6.19. The van der Waals surface area contributed by atoms with E-state index in [0.29, 0.717) is 26.1 Å². The first-order valence-corrected chi connectivity index (χ1v) is 17.1. The molecule has 2 unspecified atom stereocenters. The van der Waals surface area contributed by atoms with Crippen LogP contribution in [0, 0.1) is 5.92 Å². The molecule has 0 bridgehead atoms. The monoisotopic (exact) mass is 669 g/mol. The molecule has 0 spiro atoms. The van der Waals surface area contributed by atoms with Crippen molar-refractivity contribution in [3.05, 3.63) is 72.6 Å². The molecule has 2 aliphatic rings. The number of carbonyl (C=O) groups excluding carboxylic acids is 2. The van der Waals surface area contributed by atoms with Gasteiger partial charge in [0, 0.05) is 26.7 Å². The third-order valence-electron chi connectivity index (χ3n) is 9.56. The van der Waals surface area contributed by atoms with E-state index < -0.39 is 17.9 Å². The van der Waals surface area contributed by atoms with Gasteiger partial charge in [0.25, 0.3) is 0 Å². The number of nitrogens with one attached hydrogen (secondary N) is 4. The van der Waals surface area contributed by atoms with Crippen molar-refractivity contribution >= 4 is 12.0 Å². The molecule has 4 N–H and O–H groups in total. The van der Waals surface area contributed by atoms with E-state index in [2.05, 4.69) is 86.0 Å². The average molecular weight is 670 g/mol. The van der Waals surface area contributed by atoms with Gasteiger partial charge in [0.1, 0.15) is 17.7 Å². The number of alkyl carbamates (subject to hydrolysis) is 1. The number of aromatic amines is 2. The largest absolute Gasteiger partial charge is 0.453 e. The Hall–Kier alpha value is -4.52. The van der Waals surface area contributed by atoms with E-state index in [1.165, 1.54) is 7.11 Å². The molecule has 12 nitrogen and oxygen atoms in total. The predicted octanol–water partition coefficient (Wildman–Crippen LogP) is 5.98. The van der Waals surface area contributed by atoms with E-state index in [0.717, 1.165) is 64.6 Å². The molecule has 4 heterocycles. The van der Waals surface area contributed by atoms with Crippen LogP contribution in [-0.4, -0.2) is 82.6 Å². The molecule has 0 aliphatic carbocycles. The number of rotatable bonds is 12. The second-order valence-electron chi connectivity index (χ2n) is 13.2. The average Bonchev–Trinajstić information content (AvgIpc) is 3.96. The zero-order valence-electron chi connectivity index (χ0n) is 28.9. The Bertz CT molecular complexity index is 1720. The third-order valence-corrected chi connectivity index (χ3v) is 9.56. The van der Waals surface area contributed by atoms with Gasteiger partial charge < -0.3 is 39.7 Å². The number of amides is 2. The van der Waals surface area contributed by atoms with Crippen LogP contribution < -0.4 is 10.6 Å². The summed E-state index contributed by atoms with van der Waals surface area (Å²) < 4.78 is 16.5. The smallest absolute Gasteiger partial charge is 0.407 e. The summed E-state index contributed by atoms with van der Waals surface area (Å²) in [5.41, 5.74) is 6.11. The van der Waals surface area contributed by atoms with Gasteiger partial charge in [-0.3, -0.25) is 4.79 Å². The Kier molecular flexibility index (Phi) is 10.5. The number of imidazole rings is 2. The maximum absolute atomic E-state index is 13.5. The second kappa shape index (κ2) is 14.9. The van der Waals surface area contributed by atoms with Gasteiger partial charge in [-0.2, -0.15) is 0 Å². The number of ether oxygens (including phenoxy) is 3. The predicted molar refractivity (Wildman–Crippen MR) is 186 cm³/mol. The van der Waals surface area contributed by atoms with Gasteiger partial charge in [-0.15, -0.1) is 0 Å². The maximum Gasteiger partial charge on any atom is 0.407 e. The highest BCUT2D eigenvalue weighted by molar-refractivity contribution is 5.86. The molecule has 2 aromatic carbocycles. The van der Waals surface area contributed by atoms with E-state index in [1.54, 1.807) is 7.11 Å². The number of aromatic nitrogens is 4. The Labute approximate surface area is 287 Å². The van der Waals surface area contributed by atoms with E-state index in [1.807, 2.05) is 31.1 Å². The fourth-order valence-electron chi connectivity index (χ4n) is 6.73. The number of carbonyl (C=O) groups is 2. The molecular weight excluding hydrogens is 622 g/mol. The normalized spacial score (nSPS) is 21.3. The van der Waals surface area contributed by atoms with Crippen LogP contribution >= 0.6 is 0 Å². The molecule has 2 amide bonds. The van der Waals surface area contributed by atoms with Crippen LogP contribution in [-0.2, 0) is 19.0 Å². The minimum atomic E-state index is -0.668. The van der Waals surface area contributed by atoms with Gasteiger partial charge in [-0.1, -0.05) is 69.3 Å². The van der Waals surface area contributed by atoms with Crippen molar-refractivity contribution in [3.8, 4) is 33.6 Å². The number of benzene rings is 2. The minimum Gasteiger partial charge on any atom is -0.453 e. The van der Waals surface area contributed by atoms with E-state index in [4.69, 9.17) is 14.2 Å². The first-order chi connectivity index (χ1) is 23.7. The highest BCUT2D eigenvalue weighted by Gasteiger charge is 2.42. The van der Waals surface area contributed by atoms with Crippen LogP contribution in [0.5, 0.6) is 0 Å². The van der Waals surface area contributed by atoms with Gasteiger partial charge in [0.05, 0.1) is 49.5 Å². The molecule has 2 saturated heterocycles. The SMILES string of the molecule is CCCOC1(OC)CN[C@H](c2ncc(-c3ccc(-c4ccc(-c5cnc(C6CCCN6C(=O)[C@@H](NC(=O)OC)C(C)C)[nH]5)cc4)cc3)[nH]2)C1. The van der Waals surface area contributed by atoms with Gasteiger partial charge in [0.2, 0.25) is 5.91 Å². The summed E-state index contributed by atoms with van der Waals surface area (Å²) in [4.78, 5) is 43.5. The summed E-state index contributed by atoms with van der Waals surface area (Å²) in [5.74, 6) is 0.787. The zero-order valence-corrected chi connectivity index (χ0v) is 28.9. The van der Waals surface area contributed by atoms with Crippen molar-refractivity contribution in [2.45, 2.75) is 70.4 Å². The van der Waals surface area contributed by atoms with Crippen LogP contribution in [0.4, 0.5) is 4.79 Å².